The Balaban J connectivity index is 1.72. The van der Waals surface area contributed by atoms with Crippen molar-refractivity contribution in [2.75, 3.05) is 12.4 Å². The fourth-order valence-electron chi connectivity index (χ4n) is 4.28. The minimum absolute atomic E-state index is 0.137. The number of nitrogens with one attached hydrogen (secondary N) is 1. The molecule has 0 spiro atoms. The minimum Gasteiger partial charge on any atom is -0.490 e. The quantitative estimate of drug-likeness (QED) is 0.774. The highest BCUT2D eigenvalue weighted by Gasteiger charge is 2.27. The van der Waals surface area contributed by atoms with E-state index in [0.29, 0.717) is 17.4 Å². The standard InChI is InChI=1S/C23H26FN3O2/c1-3-15-11-16-8-6-9-17(16)12-20(15)25-23-26-22(28)21(29-2)14-27(23)13-18-7-4-5-10-19(18)24/h4-5,7,10-11,14,17H,3,6,8-9,12-13H2,1-2H3,(H,25,26,28). The summed E-state index contributed by atoms with van der Waals surface area (Å²) in [7, 11) is 1.43. The molecule has 1 fully saturated rings. The smallest absolute Gasteiger partial charge is 0.316 e. The lowest BCUT2D eigenvalue weighted by Crippen LogP contribution is -2.22. The van der Waals surface area contributed by atoms with E-state index in [1.165, 1.54) is 38.0 Å². The Morgan fingerprint density at radius 2 is 2.17 bits per heavy atom. The summed E-state index contributed by atoms with van der Waals surface area (Å²) in [5, 5.41) is 3.40. The van der Waals surface area contributed by atoms with Gasteiger partial charge in [0.2, 0.25) is 11.7 Å². The van der Waals surface area contributed by atoms with Gasteiger partial charge in [-0.2, -0.15) is 4.98 Å². The Kier molecular flexibility index (Phi) is 5.51. The highest BCUT2D eigenvalue weighted by Crippen LogP contribution is 2.41. The van der Waals surface area contributed by atoms with Crippen LogP contribution in [0.4, 0.5) is 10.3 Å². The van der Waals surface area contributed by atoms with Crippen LogP contribution in [0.2, 0.25) is 0 Å². The molecular weight excluding hydrogens is 369 g/mol. The lowest BCUT2D eigenvalue weighted by molar-refractivity contribution is 0.402. The van der Waals surface area contributed by atoms with Gasteiger partial charge >= 0.3 is 5.56 Å². The molecule has 29 heavy (non-hydrogen) atoms. The third-order valence-corrected chi connectivity index (χ3v) is 5.87. The van der Waals surface area contributed by atoms with Gasteiger partial charge in [0.1, 0.15) is 5.82 Å². The molecule has 1 aromatic heterocycles. The van der Waals surface area contributed by atoms with Crippen LogP contribution in [0.3, 0.4) is 0 Å². The van der Waals surface area contributed by atoms with E-state index in [2.05, 4.69) is 23.3 Å². The van der Waals surface area contributed by atoms with E-state index in [1.807, 2.05) is 0 Å². The van der Waals surface area contributed by atoms with Crippen molar-refractivity contribution in [1.82, 2.24) is 9.55 Å². The van der Waals surface area contributed by atoms with Crippen molar-refractivity contribution in [2.45, 2.75) is 45.6 Å². The Morgan fingerprint density at radius 1 is 1.34 bits per heavy atom. The van der Waals surface area contributed by atoms with Gasteiger partial charge in [-0.1, -0.05) is 36.8 Å². The van der Waals surface area contributed by atoms with Gasteiger partial charge in [0.15, 0.2) is 0 Å². The van der Waals surface area contributed by atoms with Crippen molar-refractivity contribution in [1.29, 1.82) is 0 Å². The largest absolute Gasteiger partial charge is 0.490 e. The SMILES string of the molecule is CCC1=C(Nc2nc(=O)c(OC)cn2Cc2ccccc2F)CC2CCCC2=C1. The molecule has 2 aliphatic carbocycles. The van der Waals surface area contributed by atoms with Crippen molar-refractivity contribution in [3.05, 3.63) is 75.1 Å². The molecule has 0 radical (unpaired) electrons. The van der Waals surface area contributed by atoms with Gasteiger partial charge in [0, 0.05) is 11.3 Å². The van der Waals surface area contributed by atoms with Gasteiger partial charge in [0.05, 0.1) is 19.9 Å². The molecule has 1 saturated carbocycles. The van der Waals surface area contributed by atoms with Crippen LogP contribution in [0.1, 0.15) is 44.6 Å². The molecule has 2 aromatic rings. The van der Waals surface area contributed by atoms with E-state index in [0.717, 1.165) is 18.5 Å². The van der Waals surface area contributed by atoms with Gasteiger partial charge in [-0.05, 0) is 49.7 Å². The number of rotatable bonds is 6. The van der Waals surface area contributed by atoms with E-state index in [-0.39, 0.29) is 18.1 Å². The third kappa shape index (κ3) is 3.97. The molecule has 6 heteroatoms. The summed E-state index contributed by atoms with van der Waals surface area (Å²) in [6, 6.07) is 6.62. The molecule has 0 bridgehead atoms. The maximum absolute atomic E-state index is 14.2. The summed E-state index contributed by atoms with van der Waals surface area (Å²) in [5.74, 6) is 0.826. The zero-order valence-corrected chi connectivity index (χ0v) is 16.9. The van der Waals surface area contributed by atoms with E-state index in [4.69, 9.17) is 4.74 Å². The number of ether oxygens (including phenoxy) is 1. The Hall–Kier alpha value is -2.89. The maximum atomic E-state index is 14.2. The zero-order valence-electron chi connectivity index (χ0n) is 16.9. The maximum Gasteiger partial charge on any atom is 0.316 e. The number of hydrogen-bond donors (Lipinski definition) is 1. The lowest BCUT2D eigenvalue weighted by atomic mass is 9.87. The first-order valence-corrected chi connectivity index (χ1v) is 10.2. The van der Waals surface area contributed by atoms with Crippen LogP contribution >= 0.6 is 0 Å². The minimum atomic E-state index is -0.439. The summed E-state index contributed by atoms with van der Waals surface area (Å²) in [4.78, 5) is 16.5. The van der Waals surface area contributed by atoms with Crippen LogP contribution in [0.15, 0.2) is 58.2 Å². The molecule has 5 nitrogen and oxygen atoms in total. The Morgan fingerprint density at radius 3 is 2.93 bits per heavy atom. The first-order valence-electron chi connectivity index (χ1n) is 10.2. The average molecular weight is 395 g/mol. The molecule has 1 heterocycles. The molecule has 1 atom stereocenters. The molecule has 1 N–H and O–H groups in total. The third-order valence-electron chi connectivity index (χ3n) is 5.87. The summed E-state index contributed by atoms with van der Waals surface area (Å²) < 4.78 is 21.1. The lowest BCUT2D eigenvalue weighted by Gasteiger charge is -2.25. The average Bonchev–Trinajstić information content (AvgIpc) is 3.18. The van der Waals surface area contributed by atoms with Crippen molar-refractivity contribution in [3.8, 4) is 5.75 Å². The van der Waals surface area contributed by atoms with Crippen LogP contribution < -0.4 is 15.6 Å². The van der Waals surface area contributed by atoms with E-state index in [1.54, 1.807) is 34.5 Å². The molecule has 4 rings (SSSR count). The fraction of sp³-hybridized carbons (Fsp3) is 0.391. The predicted octanol–water partition coefficient (Wildman–Crippen LogP) is 4.65. The monoisotopic (exact) mass is 395 g/mol. The number of benzene rings is 1. The fourth-order valence-corrected chi connectivity index (χ4v) is 4.28. The first kappa shape index (κ1) is 19.4. The number of anilines is 1. The van der Waals surface area contributed by atoms with Crippen LogP contribution in [-0.2, 0) is 6.54 Å². The second kappa shape index (κ2) is 8.23. The van der Waals surface area contributed by atoms with Gasteiger partial charge in [-0.25, -0.2) is 4.39 Å². The van der Waals surface area contributed by atoms with Gasteiger partial charge in [-0.15, -0.1) is 0 Å². The number of allylic oxidation sites excluding steroid dienone is 4. The number of halogens is 1. The Labute approximate surface area is 169 Å². The van der Waals surface area contributed by atoms with E-state index < -0.39 is 5.56 Å². The highest BCUT2D eigenvalue weighted by atomic mass is 19.1. The van der Waals surface area contributed by atoms with Crippen molar-refractivity contribution >= 4 is 5.95 Å². The second-order valence-corrected chi connectivity index (χ2v) is 7.65. The molecular formula is C23H26FN3O2. The van der Waals surface area contributed by atoms with E-state index >= 15 is 0 Å². The number of nitrogens with zero attached hydrogens (tertiary/aromatic N) is 2. The topological polar surface area (TPSA) is 56.1 Å². The normalized spacial score (nSPS) is 18.4. The van der Waals surface area contributed by atoms with Gasteiger partial charge in [0.25, 0.3) is 0 Å². The Bertz CT molecular complexity index is 1040. The van der Waals surface area contributed by atoms with E-state index in [9.17, 15) is 9.18 Å². The highest BCUT2D eigenvalue weighted by molar-refractivity contribution is 5.46. The van der Waals surface area contributed by atoms with Gasteiger partial charge < -0.3 is 14.6 Å². The van der Waals surface area contributed by atoms with Crippen molar-refractivity contribution in [2.24, 2.45) is 5.92 Å². The number of hydrogen-bond acceptors (Lipinski definition) is 4. The number of aromatic nitrogens is 2. The van der Waals surface area contributed by atoms with Crippen LogP contribution in [0, 0.1) is 11.7 Å². The molecule has 1 unspecified atom stereocenters. The van der Waals surface area contributed by atoms with Crippen molar-refractivity contribution < 1.29 is 9.13 Å². The van der Waals surface area contributed by atoms with Crippen LogP contribution in [-0.4, -0.2) is 16.7 Å². The summed E-state index contributed by atoms with van der Waals surface area (Å²) in [6.07, 6.45) is 9.36. The summed E-state index contributed by atoms with van der Waals surface area (Å²) in [6.45, 7) is 2.38. The van der Waals surface area contributed by atoms with Crippen LogP contribution in [0.5, 0.6) is 5.75 Å². The molecule has 0 amide bonds. The zero-order chi connectivity index (χ0) is 20.4. The number of fused-ring (bicyclic) bond motifs is 1. The molecule has 152 valence electrons. The second-order valence-electron chi connectivity index (χ2n) is 7.65. The number of methoxy groups -OCH3 is 1. The first-order chi connectivity index (χ1) is 14.1. The molecule has 0 aliphatic heterocycles. The molecule has 2 aliphatic rings. The van der Waals surface area contributed by atoms with Crippen molar-refractivity contribution in [3.63, 3.8) is 0 Å². The van der Waals surface area contributed by atoms with Gasteiger partial charge in [-0.3, -0.25) is 4.79 Å². The van der Waals surface area contributed by atoms with Crippen LogP contribution in [0.25, 0.3) is 0 Å². The molecule has 1 aromatic carbocycles. The predicted molar refractivity (Wildman–Crippen MR) is 112 cm³/mol. The summed E-state index contributed by atoms with van der Waals surface area (Å²) >= 11 is 0. The summed E-state index contributed by atoms with van der Waals surface area (Å²) in [5.41, 5.74) is 3.97. The molecule has 0 saturated heterocycles.